The number of ether oxygens (including phenoxy) is 1. The molecule has 0 aromatic carbocycles. The van der Waals surface area contributed by atoms with Crippen LogP contribution in [0.25, 0.3) is 0 Å². The SMILES string of the molecule is COc1ccc2c(n1)N(CCN1CCC(N)CC1)CC=N2. The van der Waals surface area contributed by atoms with Crippen LogP contribution in [0.3, 0.4) is 0 Å². The van der Waals surface area contributed by atoms with Crippen molar-refractivity contribution in [3.63, 3.8) is 0 Å². The number of aromatic nitrogens is 1. The van der Waals surface area contributed by atoms with E-state index >= 15 is 0 Å². The second kappa shape index (κ2) is 6.41. The molecule has 6 nitrogen and oxygen atoms in total. The van der Waals surface area contributed by atoms with Gasteiger partial charge in [0.25, 0.3) is 0 Å². The van der Waals surface area contributed by atoms with Crippen molar-refractivity contribution in [1.29, 1.82) is 0 Å². The molecule has 1 aromatic rings. The summed E-state index contributed by atoms with van der Waals surface area (Å²) in [6.07, 6.45) is 4.15. The fraction of sp³-hybridized carbons (Fsp3) is 0.600. The maximum Gasteiger partial charge on any atom is 0.215 e. The Morgan fingerprint density at radius 2 is 2.10 bits per heavy atom. The van der Waals surface area contributed by atoms with Crippen LogP contribution in [0.5, 0.6) is 5.88 Å². The number of piperidine rings is 1. The van der Waals surface area contributed by atoms with Crippen LogP contribution in [-0.4, -0.2) is 62.0 Å². The van der Waals surface area contributed by atoms with Crippen LogP contribution < -0.4 is 15.4 Å². The van der Waals surface area contributed by atoms with Gasteiger partial charge in [-0.15, -0.1) is 0 Å². The highest BCUT2D eigenvalue weighted by atomic mass is 16.5. The molecule has 1 saturated heterocycles. The lowest BCUT2D eigenvalue weighted by atomic mass is 10.1. The molecule has 2 aliphatic rings. The molecule has 0 saturated carbocycles. The molecule has 0 amide bonds. The minimum atomic E-state index is 0.384. The van der Waals surface area contributed by atoms with Gasteiger partial charge < -0.3 is 20.3 Å². The van der Waals surface area contributed by atoms with Crippen LogP contribution in [-0.2, 0) is 0 Å². The fourth-order valence-corrected chi connectivity index (χ4v) is 2.83. The highest BCUT2D eigenvalue weighted by Crippen LogP contribution is 2.30. The van der Waals surface area contributed by atoms with Gasteiger partial charge in [0, 0.05) is 31.4 Å². The Labute approximate surface area is 125 Å². The molecule has 114 valence electrons. The molecule has 0 spiro atoms. The topological polar surface area (TPSA) is 67.0 Å². The van der Waals surface area contributed by atoms with Gasteiger partial charge in [0.2, 0.25) is 5.88 Å². The van der Waals surface area contributed by atoms with E-state index in [1.807, 2.05) is 18.3 Å². The molecule has 2 aliphatic heterocycles. The molecule has 0 aliphatic carbocycles. The molecule has 1 aromatic heterocycles. The van der Waals surface area contributed by atoms with Gasteiger partial charge in [-0.25, -0.2) is 0 Å². The molecular weight excluding hydrogens is 266 g/mol. The molecule has 0 atom stereocenters. The number of hydrogen-bond acceptors (Lipinski definition) is 6. The van der Waals surface area contributed by atoms with Crippen LogP contribution in [0.1, 0.15) is 12.8 Å². The van der Waals surface area contributed by atoms with E-state index in [1.54, 1.807) is 7.11 Å². The number of nitrogens with zero attached hydrogens (tertiary/aromatic N) is 4. The number of nitrogens with two attached hydrogens (primary N) is 1. The van der Waals surface area contributed by atoms with Gasteiger partial charge in [-0.2, -0.15) is 4.98 Å². The summed E-state index contributed by atoms with van der Waals surface area (Å²) in [5, 5.41) is 0. The molecule has 0 unspecified atom stereocenters. The molecule has 1 fully saturated rings. The van der Waals surface area contributed by atoms with Gasteiger partial charge >= 0.3 is 0 Å². The molecule has 0 radical (unpaired) electrons. The standard InChI is InChI=1S/C15H23N5O/c1-21-14-3-2-13-15(18-14)20(9-6-17-13)11-10-19-7-4-12(16)5-8-19/h2-3,6,12H,4-5,7-11,16H2,1H3. The summed E-state index contributed by atoms with van der Waals surface area (Å²) >= 11 is 0. The molecule has 3 rings (SSSR count). The Morgan fingerprint density at radius 3 is 2.86 bits per heavy atom. The average molecular weight is 289 g/mol. The van der Waals surface area contributed by atoms with Gasteiger partial charge in [0.05, 0.1) is 13.7 Å². The maximum absolute atomic E-state index is 5.95. The number of anilines is 1. The summed E-state index contributed by atoms with van der Waals surface area (Å²) in [6.45, 7) is 5.00. The van der Waals surface area contributed by atoms with E-state index in [9.17, 15) is 0 Å². The second-order valence-corrected chi connectivity index (χ2v) is 5.63. The van der Waals surface area contributed by atoms with E-state index in [2.05, 4.69) is 19.8 Å². The molecule has 3 heterocycles. The minimum Gasteiger partial charge on any atom is -0.481 e. The number of rotatable bonds is 4. The highest BCUT2D eigenvalue weighted by Gasteiger charge is 2.20. The van der Waals surface area contributed by atoms with Gasteiger partial charge in [-0.05, 0) is 32.0 Å². The van der Waals surface area contributed by atoms with Crippen LogP contribution in [0.2, 0.25) is 0 Å². The lowest BCUT2D eigenvalue weighted by Crippen LogP contribution is -2.43. The van der Waals surface area contributed by atoms with E-state index in [1.165, 1.54) is 0 Å². The Morgan fingerprint density at radius 1 is 1.29 bits per heavy atom. The van der Waals surface area contributed by atoms with Crippen molar-refractivity contribution >= 4 is 17.7 Å². The lowest BCUT2D eigenvalue weighted by Gasteiger charge is -2.33. The first-order valence-corrected chi connectivity index (χ1v) is 7.56. The zero-order valence-electron chi connectivity index (χ0n) is 12.5. The average Bonchev–Trinajstić information content (AvgIpc) is 2.54. The summed E-state index contributed by atoms with van der Waals surface area (Å²) < 4.78 is 5.22. The number of fused-ring (bicyclic) bond motifs is 1. The third-order valence-corrected chi connectivity index (χ3v) is 4.19. The van der Waals surface area contributed by atoms with Crippen molar-refractivity contribution in [2.45, 2.75) is 18.9 Å². The third-order valence-electron chi connectivity index (χ3n) is 4.19. The van der Waals surface area contributed by atoms with Crippen molar-refractivity contribution in [2.24, 2.45) is 10.7 Å². The van der Waals surface area contributed by atoms with Crippen LogP contribution in [0.4, 0.5) is 11.5 Å². The summed E-state index contributed by atoms with van der Waals surface area (Å²) in [7, 11) is 1.64. The maximum atomic E-state index is 5.95. The highest BCUT2D eigenvalue weighted by molar-refractivity contribution is 5.79. The van der Waals surface area contributed by atoms with Gasteiger partial charge in [0.15, 0.2) is 5.82 Å². The van der Waals surface area contributed by atoms with Crippen LogP contribution in [0, 0.1) is 0 Å². The zero-order valence-corrected chi connectivity index (χ0v) is 12.5. The van der Waals surface area contributed by atoms with Crippen molar-refractivity contribution in [3.05, 3.63) is 12.1 Å². The molecule has 0 bridgehead atoms. The van der Waals surface area contributed by atoms with Gasteiger partial charge in [-0.3, -0.25) is 4.99 Å². The quantitative estimate of drug-likeness (QED) is 0.897. The van der Waals surface area contributed by atoms with E-state index in [0.29, 0.717) is 11.9 Å². The van der Waals surface area contributed by atoms with Gasteiger partial charge in [-0.1, -0.05) is 0 Å². The number of methoxy groups -OCH3 is 1. The summed E-state index contributed by atoms with van der Waals surface area (Å²) in [6, 6.07) is 4.20. The number of pyridine rings is 1. The normalized spacial score (nSPS) is 19.6. The predicted octanol–water partition coefficient (Wildman–Crippen LogP) is 1.04. The fourth-order valence-electron chi connectivity index (χ4n) is 2.83. The van der Waals surface area contributed by atoms with E-state index in [4.69, 9.17) is 10.5 Å². The van der Waals surface area contributed by atoms with Crippen molar-refractivity contribution in [1.82, 2.24) is 9.88 Å². The Kier molecular flexibility index (Phi) is 4.36. The molecule has 21 heavy (non-hydrogen) atoms. The number of hydrogen-bond donors (Lipinski definition) is 1. The summed E-state index contributed by atoms with van der Waals surface area (Å²) in [5.41, 5.74) is 6.87. The van der Waals surface area contributed by atoms with E-state index in [-0.39, 0.29) is 0 Å². The first-order valence-electron chi connectivity index (χ1n) is 7.56. The Hall–Kier alpha value is -1.66. The molecule has 2 N–H and O–H groups in total. The predicted molar refractivity (Wildman–Crippen MR) is 84.8 cm³/mol. The van der Waals surface area contributed by atoms with Crippen LogP contribution >= 0.6 is 0 Å². The van der Waals surface area contributed by atoms with E-state index in [0.717, 1.165) is 57.1 Å². The monoisotopic (exact) mass is 289 g/mol. The largest absolute Gasteiger partial charge is 0.481 e. The zero-order chi connectivity index (χ0) is 14.7. The third kappa shape index (κ3) is 3.33. The smallest absolute Gasteiger partial charge is 0.215 e. The Bertz CT molecular complexity index is 511. The van der Waals surface area contributed by atoms with Crippen molar-refractivity contribution in [2.75, 3.05) is 44.7 Å². The number of aliphatic imine (C=N–C) groups is 1. The first kappa shape index (κ1) is 14.3. The second-order valence-electron chi connectivity index (χ2n) is 5.63. The van der Waals surface area contributed by atoms with Crippen molar-refractivity contribution in [3.8, 4) is 5.88 Å². The van der Waals surface area contributed by atoms with E-state index < -0.39 is 0 Å². The van der Waals surface area contributed by atoms with Crippen molar-refractivity contribution < 1.29 is 4.74 Å². The molecular formula is C15H23N5O. The summed E-state index contributed by atoms with van der Waals surface area (Å²) in [4.78, 5) is 13.7. The number of likely N-dealkylation sites (tertiary alicyclic amines) is 1. The summed E-state index contributed by atoms with van der Waals surface area (Å²) in [5.74, 6) is 1.56. The first-order chi connectivity index (χ1) is 10.3. The molecule has 6 heteroatoms. The van der Waals surface area contributed by atoms with Crippen LogP contribution in [0.15, 0.2) is 17.1 Å². The van der Waals surface area contributed by atoms with Gasteiger partial charge in [0.1, 0.15) is 5.69 Å². The lowest BCUT2D eigenvalue weighted by molar-refractivity contribution is 0.217. The Balaban J connectivity index is 1.63. The minimum absolute atomic E-state index is 0.384.